The SMILES string of the molecule is CCOC(=O)COc1c(I)cc(Br)cc1/C=c1\sc2n(c1=O)[C@@H](c1ccc(SC)cc1)C(C(=O)OCC)=C(c1ccccc1)N=2. The summed E-state index contributed by atoms with van der Waals surface area (Å²) in [5.74, 6) is -0.586. The van der Waals surface area contributed by atoms with Gasteiger partial charge in [0, 0.05) is 20.5 Å². The maximum absolute atomic E-state index is 14.3. The summed E-state index contributed by atoms with van der Waals surface area (Å²) < 4.78 is 19.9. The molecule has 0 unspecified atom stereocenters. The Hall–Kier alpha value is -3.20. The first-order chi connectivity index (χ1) is 21.7. The van der Waals surface area contributed by atoms with Gasteiger partial charge in [0.05, 0.1) is 38.6 Å². The van der Waals surface area contributed by atoms with E-state index in [-0.39, 0.29) is 31.0 Å². The number of thiazole rings is 1. The van der Waals surface area contributed by atoms with Gasteiger partial charge in [0.15, 0.2) is 11.4 Å². The molecule has 8 nitrogen and oxygen atoms in total. The van der Waals surface area contributed by atoms with E-state index in [0.29, 0.717) is 26.3 Å². The van der Waals surface area contributed by atoms with Crippen LogP contribution in [-0.2, 0) is 19.1 Å². The maximum Gasteiger partial charge on any atom is 0.344 e. The van der Waals surface area contributed by atoms with Crippen LogP contribution >= 0.6 is 61.6 Å². The fraction of sp³-hybridized carbons (Fsp3) is 0.212. The van der Waals surface area contributed by atoms with Crippen molar-refractivity contribution < 1.29 is 23.8 Å². The highest BCUT2D eigenvalue weighted by Gasteiger charge is 2.35. The number of esters is 2. The normalized spacial score (nSPS) is 14.5. The fourth-order valence-electron chi connectivity index (χ4n) is 4.86. The lowest BCUT2D eigenvalue weighted by molar-refractivity contribution is -0.145. The molecule has 5 rings (SSSR count). The predicted molar refractivity (Wildman–Crippen MR) is 188 cm³/mol. The van der Waals surface area contributed by atoms with Crippen LogP contribution in [0.3, 0.4) is 0 Å². The second kappa shape index (κ2) is 14.9. The lowest BCUT2D eigenvalue weighted by atomic mass is 9.93. The molecule has 0 aliphatic carbocycles. The van der Waals surface area contributed by atoms with Crippen molar-refractivity contribution >= 4 is 85.3 Å². The Kier molecular flexibility index (Phi) is 11.0. The predicted octanol–water partition coefficient (Wildman–Crippen LogP) is 5.97. The second-order valence-corrected chi connectivity index (χ2v) is 13.6. The van der Waals surface area contributed by atoms with E-state index in [2.05, 4.69) is 38.5 Å². The van der Waals surface area contributed by atoms with Gasteiger partial charge in [0.2, 0.25) is 0 Å². The van der Waals surface area contributed by atoms with Crippen molar-refractivity contribution in [2.75, 3.05) is 26.1 Å². The maximum atomic E-state index is 14.3. The van der Waals surface area contributed by atoms with E-state index in [1.54, 1.807) is 36.3 Å². The van der Waals surface area contributed by atoms with Crippen molar-refractivity contribution in [1.82, 2.24) is 4.57 Å². The quantitative estimate of drug-likeness (QED) is 0.111. The number of hydrogen-bond donors (Lipinski definition) is 0. The molecule has 0 bridgehead atoms. The molecule has 0 radical (unpaired) electrons. The Balaban J connectivity index is 1.76. The molecule has 1 aromatic heterocycles. The number of thioether (sulfide) groups is 1. The highest BCUT2D eigenvalue weighted by Crippen LogP contribution is 2.36. The van der Waals surface area contributed by atoms with Crippen LogP contribution in [0.15, 0.2) is 91.5 Å². The van der Waals surface area contributed by atoms with Crippen molar-refractivity contribution in [1.29, 1.82) is 0 Å². The minimum absolute atomic E-state index is 0.170. The van der Waals surface area contributed by atoms with E-state index in [9.17, 15) is 14.4 Å². The molecule has 0 spiro atoms. The minimum atomic E-state index is -0.782. The Morgan fingerprint density at radius 1 is 1.07 bits per heavy atom. The van der Waals surface area contributed by atoms with Crippen LogP contribution < -0.4 is 19.6 Å². The third kappa shape index (κ3) is 7.29. The topological polar surface area (TPSA) is 96.2 Å². The first kappa shape index (κ1) is 33.2. The van der Waals surface area contributed by atoms with Gasteiger partial charge in [-0.2, -0.15) is 0 Å². The molecule has 12 heteroatoms. The molecule has 1 aliphatic rings. The third-order valence-corrected chi connectivity index (χ3v) is 9.75. The van der Waals surface area contributed by atoms with E-state index in [4.69, 9.17) is 19.2 Å². The van der Waals surface area contributed by atoms with E-state index < -0.39 is 18.0 Å². The number of fused-ring (bicyclic) bond motifs is 1. The lowest BCUT2D eigenvalue weighted by Crippen LogP contribution is -2.40. The molecular formula is C33H28BrIN2O6S2. The first-order valence-electron chi connectivity index (χ1n) is 14.0. The lowest BCUT2D eigenvalue weighted by Gasteiger charge is -2.26. The average molecular weight is 820 g/mol. The molecule has 1 atom stereocenters. The fourth-order valence-corrected chi connectivity index (χ4v) is 7.96. The van der Waals surface area contributed by atoms with Crippen molar-refractivity contribution in [3.05, 3.63) is 117 Å². The molecule has 1 aliphatic heterocycles. The largest absolute Gasteiger partial charge is 0.480 e. The number of ether oxygens (including phenoxy) is 3. The summed E-state index contributed by atoms with van der Waals surface area (Å²) in [4.78, 5) is 46.4. The van der Waals surface area contributed by atoms with Gasteiger partial charge in [-0.15, -0.1) is 11.8 Å². The van der Waals surface area contributed by atoms with Crippen molar-refractivity contribution in [3.8, 4) is 5.75 Å². The zero-order valence-electron chi connectivity index (χ0n) is 24.5. The van der Waals surface area contributed by atoms with Crippen molar-refractivity contribution in [2.24, 2.45) is 4.99 Å². The van der Waals surface area contributed by atoms with Crippen LogP contribution in [-0.4, -0.2) is 42.6 Å². The van der Waals surface area contributed by atoms with E-state index >= 15 is 0 Å². The highest BCUT2D eigenvalue weighted by molar-refractivity contribution is 14.1. The number of carbonyl (C=O) groups excluding carboxylic acids is 2. The number of aromatic nitrogens is 1. The third-order valence-electron chi connectivity index (χ3n) is 6.77. The van der Waals surface area contributed by atoms with E-state index in [1.165, 1.54) is 11.3 Å². The standard InChI is InChI=1S/C33H28BrIN2O6S2/c1-4-41-26(38)18-43-30-21(15-22(34)17-24(30)35)16-25-31(39)37-29(20-11-13-23(44-3)14-12-20)27(32(40)42-5-2)28(36-33(37)45-25)19-9-7-6-8-10-19/h6-17,29H,4-5,18H2,1-3H3/b25-16-/t29-/m0/s1. The molecule has 2 heterocycles. The van der Waals surface area contributed by atoms with Gasteiger partial charge >= 0.3 is 11.9 Å². The number of nitrogens with zero attached hydrogens (tertiary/aromatic N) is 2. The zero-order chi connectivity index (χ0) is 32.1. The molecule has 3 aromatic carbocycles. The summed E-state index contributed by atoms with van der Waals surface area (Å²) in [5, 5.41) is 0. The summed E-state index contributed by atoms with van der Waals surface area (Å²) in [7, 11) is 0. The Morgan fingerprint density at radius 3 is 2.44 bits per heavy atom. The summed E-state index contributed by atoms with van der Waals surface area (Å²) in [6.45, 7) is 3.62. The molecule has 4 aromatic rings. The van der Waals surface area contributed by atoms with Crippen molar-refractivity contribution in [3.63, 3.8) is 0 Å². The molecule has 45 heavy (non-hydrogen) atoms. The average Bonchev–Trinajstić information content (AvgIpc) is 3.34. The van der Waals surface area contributed by atoms with Crippen LogP contribution in [0.4, 0.5) is 0 Å². The van der Waals surface area contributed by atoms with Gasteiger partial charge < -0.3 is 14.2 Å². The summed E-state index contributed by atoms with van der Waals surface area (Å²) in [6, 6.07) is 20.1. The van der Waals surface area contributed by atoms with Crippen LogP contribution in [0.1, 0.15) is 36.6 Å². The number of hydrogen-bond acceptors (Lipinski definition) is 9. The number of benzene rings is 3. The van der Waals surface area contributed by atoms with Crippen LogP contribution in [0.25, 0.3) is 11.8 Å². The van der Waals surface area contributed by atoms with Crippen LogP contribution in [0.5, 0.6) is 5.75 Å². The van der Waals surface area contributed by atoms with Gasteiger partial charge in [-0.1, -0.05) is 69.7 Å². The van der Waals surface area contributed by atoms with Gasteiger partial charge in [0.1, 0.15) is 5.75 Å². The molecule has 0 saturated carbocycles. The van der Waals surface area contributed by atoms with Crippen LogP contribution in [0, 0.1) is 3.57 Å². The zero-order valence-corrected chi connectivity index (χ0v) is 29.9. The van der Waals surface area contributed by atoms with E-state index in [1.807, 2.05) is 73.0 Å². The molecule has 0 amide bonds. The highest BCUT2D eigenvalue weighted by atomic mass is 127. The molecule has 0 N–H and O–H groups in total. The first-order valence-corrected chi connectivity index (χ1v) is 17.9. The van der Waals surface area contributed by atoms with E-state index in [0.717, 1.165) is 24.1 Å². The Morgan fingerprint density at radius 2 is 1.78 bits per heavy atom. The number of rotatable bonds is 10. The van der Waals surface area contributed by atoms with Gasteiger partial charge in [-0.05, 0) is 78.6 Å². The van der Waals surface area contributed by atoms with Gasteiger partial charge in [-0.25, -0.2) is 14.6 Å². The van der Waals surface area contributed by atoms with Crippen molar-refractivity contribution in [2.45, 2.75) is 24.8 Å². The summed E-state index contributed by atoms with van der Waals surface area (Å²) in [6.07, 6.45) is 3.71. The smallest absolute Gasteiger partial charge is 0.344 e. The Labute approximate surface area is 290 Å². The molecule has 0 saturated heterocycles. The summed E-state index contributed by atoms with van der Waals surface area (Å²) >= 11 is 8.48. The molecule has 232 valence electrons. The monoisotopic (exact) mass is 818 g/mol. The molecule has 0 fully saturated rings. The number of halogens is 2. The van der Waals surface area contributed by atoms with Gasteiger partial charge in [-0.3, -0.25) is 9.36 Å². The molecular weight excluding hydrogens is 791 g/mol. The second-order valence-electron chi connectivity index (χ2n) is 9.60. The van der Waals surface area contributed by atoms with Gasteiger partial charge in [0.25, 0.3) is 5.56 Å². The number of carbonyl (C=O) groups is 2. The Bertz CT molecular complexity index is 1960. The minimum Gasteiger partial charge on any atom is -0.480 e. The summed E-state index contributed by atoms with van der Waals surface area (Å²) in [5.41, 5.74) is 2.50. The van der Waals surface area contributed by atoms with Crippen LogP contribution in [0.2, 0.25) is 0 Å².